The van der Waals surface area contributed by atoms with Crippen molar-refractivity contribution in [3.05, 3.63) is 12.2 Å². The number of carbonyl (C=O) groups is 1. The van der Waals surface area contributed by atoms with Crippen molar-refractivity contribution >= 4 is 5.91 Å². The van der Waals surface area contributed by atoms with Crippen LogP contribution < -0.4 is 5.32 Å². The van der Waals surface area contributed by atoms with Gasteiger partial charge < -0.3 is 10.1 Å². The highest BCUT2D eigenvalue weighted by atomic mass is 16.5. The second-order valence-corrected chi connectivity index (χ2v) is 4.32. The predicted octanol–water partition coefficient (Wildman–Crippen LogP) is 1.88. The number of ether oxygens (including phenoxy) is 1. The Morgan fingerprint density at radius 2 is 2.27 bits per heavy atom. The van der Waals surface area contributed by atoms with Gasteiger partial charge in [-0.05, 0) is 32.6 Å². The Labute approximate surface area is 91.9 Å². The van der Waals surface area contributed by atoms with E-state index in [1.165, 1.54) is 12.8 Å². The van der Waals surface area contributed by atoms with Gasteiger partial charge in [-0.3, -0.25) is 4.79 Å². The molecule has 3 nitrogen and oxygen atoms in total. The number of carbonyl (C=O) groups excluding carboxylic acids is 1. The highest BCUT2D eigenvalue weighted by Crippen LogP contribution is 2.29. The minimum absolute atomic E-state index is 0.0128. The normalized spacial score (nSPS) is 17.2. The third-order valence-electron chi connectivity index (χ3n) is 2.41. The summed E-state index contributed by atoms with van der Waals surface area (Å²) in [5.74, 6) is 0.674. The molecule has 1 N–H and O–H groups in total. The second kappa shape index (κ2) is 5.91. The van der Waals surface area contributed by atoms with Crippen LogP contribution in [0.5, 0.6) is 0 Å². The number of amides is 1. The van der Waals surface area contributed by atoms with Gasteiger partial charge >= 0.3 is 0 Å². The molecule has 1 aliphatic carbocycles. The number of likely N-dealkylation sites (N-methyl/N-ethyl adjacent to an activating group) is 1. The van der Waals surface area contributed by atoms with Gasteiger partial charge in [0.05, 0.1) is 6.61 Å². The van der Waals surface area contributed by atoms with Crippen molar-refractivity contribution in [2.45, 2.75) is 39.2 Å². The molecule has 1 unspecified atom stereocenters. The first kappa shape index (κ1) is 12.2. The van der Waals surface area contributed by atoms with Crippen LogP contribution in [-0.2, 0) is 9.53 Å². The van der Waals surface area contributed by atoms with E-state index < -0.39 is 0 Å². The van der Waals surface area contributed by atoms with Crippen molar-refractivity contribution < 1.29 is 9.53 Å². The van der Waals surface area contributed by atoms with Crippen molar-refractivity contribution in [2.24, 2.45) is 5.92 Å². The fourth-order valence-electron chi connectivity index (χ4n) is 1.37. The summed E-state index contributed by atoms with van der Waals surface area (Å²) in [5, 5.41) is 2.79. The molecule has 15 heavy (non-hydrogen) atoms. The Balaban J connectivity index is 2.35. The Morgan fingerprint density at radius 3 is 2.73 bits per heavy atom. The average molecular weight is 211 g/mol. The van der Waals surface area contributed by atoms with Gasteiger partial charge in [0.2, 0.25) is 5.91 Å². The first-order chi connectivity index (χ1) is 7.13. The molecular formula is C12H21NO2. The van der Waals surface area contributed by atoms with E-state index in [1.807, 2.05) is 13.8 Å². The van der Waals surface area contributed by atoms with Crippen molar-refractivity contribution in [1.82, 2.24) is 5.32 Å². The van der Waals surface area contributed by atoms with Gasteiger partial charge in [-0.1, -0.05) is 5.57 Å². The van der Waals surface area contributed by atoms with E-state index in [4.69, 9.17) is 4.74 Å². The van der Waals surface area contributed by atoms with E-state index in [9.17, 15) is 4.79 Å². The van der Waals surface area contributed by atoms with Gasteiger partial charge in [-0.25, -0.2) is 0 Å². The van der Waals surface area contributed by atoms with Crippen LogP contribution in [0, 0.1) is 5.92 Å². The molecule has 1 aliphatic rings. The molecule has 1 rings (SSSR count). The lowest BCUT2D eigenvalue weighted by Crippen LogP contribution is -2.36. The number of nitrogens with one attached hydrogen (secondary N) is 1. The lowest BCUT2D eigenvalue weighted by atomic mass is 10.1. The molecule has 0 spiro atoms. The van der Waals surface area contributed by atoms with Crippen LogP contribution in [0.1, 0.15) is 33.1 Å². The first-order valence-electron chi connectivity index (χ1n) is 5.67. The lowest BCUT2D eigenvalue weighted by Gasteiger charge is -2.17. The molecule has 0 aromatic carbocycles. The summed E-state index contributed by atoms with van der Waals surface area (Å²) in [7, 11) is 0. The Morgan fingerprint density at radius 1 is 1.60 bits per heavy atom. The predicted molar refractivity (Wildman–Crippen MR) is 60.6 cm³/mol. The monoisotopic (exact) mass is 211 g/mol. The zero-order chi connectivity index (χ0) is 11.3. The van der Waals surface area contributed by atoms with Gasteiger partial charge in [0.15, 0.2) is 0 Å². The third-order valence-corrected chi connectivity index (χ3v) is 2.41. The molecule has 0 aromatic rings. The summed E-state index contributed by atoms with van der Waals surface area (Å²) in [5.41, 5.74) is 0.988. The van der Waals surface area contributed by atoms with Crippen LogP contribution in [0.3, 0.4) is 0 Å². The van der Waals surface area contributed by atoms with Gasteiger partial charge in [-0.15, -0.1) is 6.58 Å². The van der Waals surface area contributed by atoms with E-state index in [0.29, 0.717) is 18.9 Å². The smallest absolute Gasteiger partial charge is 0.249 e. The fraction of sp³-hybridized carbons (Fsp3) is 0.750. The van der Waals surface area contributed by atoms with Gasteiger partial charge in [0.1, 0.15) is 6.10 Å². The van der Waals surface area contributed by atoms with Crippen LogP contribution in [0.2, 0.25) is 0 Å². The molecule has 1 amide bonds. The highest BCUT2D eigenvalue weighted by Gasteiger charge is 2.25. The molecule has 0 aromatic heterocycles. The number of hydrogen-bond donors (Lipinski definition) is 1. The van der Waals surface area contributed by atoms with Crippen molar-refractivity contribution in [2.75, 3.05) is 13.2 Å². The van der Waals surface area contributed by atoms with E-state index in [1.54, 1.807) is 0 Å². The molecule has 1 fully saturated rings. The maximum absolute atomic E-state index is 11.6. The van der Waals surface area contributed by atoms with Crippen LogP contribution >= 0.6 is 0 Å². The van der Waals surface area contributed by atoms with E-state index in [-0.39, 0.29) is 12.0 Å². The Bertz CT molecular complexity index is 234. The molecular weight excluding hydrogens is 190 g/mol. The van der Waals surface area contributed by atoms with Crippen LogP contribution in [0.4, 0.5) is 0 Å². The summed E-state index contributed by atoms with van der Waals surface area (Å²) in [6, 6.07) is 0. The number of rotatable bonds is 7. The van der Waals surface area contributed by atoms with E-state index >= 15 is 0 Å². The van der Waals surface area contributed by atoms with Crippen LogP contribution in [0.25, 0.3) is 0 Å². The summed E-state index contributed by atoms with van der Waals surface area (Å²) < 4.78 is 5.62. The van der Waals surface area contributed by atoms with Gasteiger partial charge in [0.25, 0.3) is 0 Å². The molecule has 0 heterocycles. The molecule has 0 radical (unpaired) electrons. The zero-order valence-corrected chi connectivity index (χ0v) is 9.71. The topological polar surface area (TPSA) is 38.3 Å². The lowest BCUT2D eigenvalue weighted by molar-refractivity contribution is -0.133. The zero-order valence-electron chi connectivity index (χ0n) is 9.71. The molecule has 86 valence electrons. The molecule has 0 aliphatic heterocycles. The van der Waals surface area contributed by atoms with E-state index in [2.05, 4.69) is 11.9 Å². The number of hydrogen-bond acceptors (Lipinski definition) is 2. The average Bonchev–Trinajstić information content (AvgIpc) is 2.95. The summed E-state index contributed by atoms with van der Waals surface area (Å²) in [4.78, 5) is 11.6. The van der Waals surface area contributed by atoms with Gasteiger partial charge in [-0.2, -0.15) is 0 Å². The first-order valence-corrected chi connectivity index (χ1v) is 5.67. The van der Waals surface area contributed by atoms with Crippen LogP contribution in [-0.4, -0.2) is 25.2 Å². The Kier molecular flexibility index (Phi) is 4.82. The third kappa shape index (κ3) is 4.98. The standard InChI is InChI=1S/C12H21NO2/c1-4-13-12(14)11(7-9(2)3)15-8-10-5-6-10/h10-11H,2,4-8H2,1,3H3,(H,13,14). The Hall–Kier alpha value is -0.830. The fourth-order valence-corrected chi connectivity index (χ4v) is 1.37. The summed E-state index contributed by atoms with van der Waals surface area (Å²) >= 11 is 0. The molecule has 0 saturated heterocycles. The summed E-state index contributed by atoms with van der Waals surface area (Å²) in [6.07, 6.45) is 2.77. The molecule has 0 bridgehead atoms. The molecule has 1 saturated carbocycles. The largest absolute Gasteiger partial charge is 0.368 e. The van der Waals surface area contributed by atoms with Crippen molar-refractivity contribution in [3.63, 3.8) is 0 Å². The minimum Gasteiger partial charge on any atom is -0.368 e. The minimum atomic E-state index is -0.344. The highest BCUT2D eigenvalue weighted by molar-refractivity contribution is 5.81. The van der Waals surface area contributed by atoms with E-state index in [0.717, 1.165) is 12.2 Å². The summed E-state index contributed by atoms with van der Waals surface area (Å²) in [6.45, 7) is 9.03. The SMILES string of the molecule is C=C(C)CC(OCC1CC1)C(=O)NCC. The quantitative estimate of drug-likeness (QED) is 0.653. The van der Waals surface area contributed by atoms with Gasteiger partial charge in [0, 0.05) is 13.0 Å². The van der Waals surface area contributed by atoms with Crippen molar-refractivity contribution in [3.8, 4) is 0 Å². The van der Waals surface area contributed by atoms with Crippen molar-refractivity contribution in [1.29, 1.82) is 0 Å². The maximum atomic E-state index is 11.6. The second-order valence-electron chi connectivity index (χ2n) is 4.32. The molecule has 3 heteroatoms. The molecule has 1 atom stereocenters. The van der Waals surface area contributed by atoms with Crippen LogP contribution in [0.15, 0.2) is 12.2 Å². The maximum Gasteiger partial charge on any atom is 0.249 e.